The van der Waals surface area contributed by atoms with Gasteiger partial charge in [-0.2, -0.15) is 15.0 Å². The Hall–Kier alpha value is -2.37. The van der Waals surface area contributed by atoms with E-state index in [4.69, 9.17) is 4.74 Å². The van der Waals surface area contributed by atoms with Crippen molar-refractivity contribution in [2.24, 2.45) is 0 Å². The van der Waals surface area contributed by atoms with Crippen molar-refractivity contribution in [1.82, 2.24) is 15.0 Å². The van der Waals surface area contributed by atoms with Crippen LogP contribution in [0.5, 0.6) is 6.01 Å². The fourth-order valence-electron chi connectivity index (χ4n) is 1.78. The van der Waals surface area contributed by atoms with Crippen LogP contribution in [-0.4, -0.2) is 35.7 Å². The Morgan fingerprint density at radius 2 is 2.05 bits per heavy atom. The van der Waals surface area contributed by atoms with Crippen LogP contribution in [0.1, 0.15) is 12.5 Å². The molecule has 20 heavy (non-hydrogen) atoms. The number of nitrogens with zero attached hydrogens (tertiary/aromatic N) is 4. The molecule has 2 aromatic rings. The predicted octanol–water partition coefficient (Wildman–Crippen LogP) is 2.39. The van der Waals surface area contributed by atoms with Crippen LogP contribution < -0.4 is 15.0 Å². The van der Waals surface area contributed by atoms with Gasteiger partial charge in [0.1, 0.15) is 0 Å². The minimum Gasteiger partial charge on any atom is -0.467 e. The molecular formula is C14H19N5O. The van der Waals surface area contributed by atoms with Gasteiger partial charge in [-0.1, -0.05) is 12.1 Å². The molecule has 1 aromatic carbocycles. The van der Waals surface area contributed by atoms with Gasteiger partial charge in [-0.25, -0.2) is 0 Å². The van der Waals surface area contributed by atoms with E-state index >= 15 is 0 Å². The third kappa shape index (κ3) is 3.14. The van der Waals surface area contributed by atoms with Gasteiger partial charge < -0.3 is 15.0 Å². The third-order valence-corrected chi connectivity index (χ3v) is 2.81. The second-order valence-electron chi connectivity index (χ2n) is 4.37. The number of nitrogens with one attached hydrogen (secondary N) is 1. The number of ether oxygens (including phenoxy) is 1. The average Bonchev–Trinajstić information content (AvgIpc) is 2.46. The fraction of sp³-hybridized carbons (Fsp3) is 0.357. The summed E-state index contributed by atoms with van der Waals surface area (Å²) in [6.07, 6.45) is 0. The molecule has 0 saturated heterocycles. The number of rotatable bonds is 5. The highest BCUT2D eigenvalue weighted by molar-refractivity contribution is 5.58. The lowest BCUT2D eigenvalue weighted by Gasteiger charge is -2.18. The molecule has 1 aromatic heterocycles. The van der Waals surface area contributed by atoms with E-state index < -0.39 is 0 Å². The molecule has 0 aliphatic carbocycles. The Kier molecular flexibility index (Phi) is 4.34. The SMILES string of the molecule is CCNc1nc(OC)nc(N(C)c2cccc(C)c2)n1. The zero-order valence-corrected chi connectivity index (χ0v) is 12.2. The molecule has 0 amide bonds. The van der Waals surface area contributed by atoms with Gasteiger partial charge in [-0.05, 0) is 31.5 Å². The summed E-state index contributed by atoms with van der Waals surface area (Å²) < 4.78 is 5.12. The van der Waals surface area contributed by atoms with Crippen LogP contribution in [-0.2, 0) is 0 Å². The molecule has 1 heterocycles. The first-order valence-corrected chi connectivity index (χ1v) is 6.48. The highest BCUT2D eigenvalue weighted by Crippen LogP contribution is 2.23. The molecule has 1 N–H and O–H groups in total. The maximum absolute atomic E-state index is 5.12. The van der Waals surface area contributed by atoms with Crippen molar-refractivity contribution in [2.45, 2.75) is 13.8 Å². The number of aryl methyl sites for hydroxylation is 1. The number of hydrogen-bond acceptors (Lipinski definition) is 6. The van der Waals surface area contributed by atoms with Gasteiger partial charge in [-0.3, -0.25) is 0 Å². The molecule has 0 radical (unpaired) electrons. The fourth-order valence-corrected chi connectivity index (χ4v) is 1.78. The zero-order chi connectivity index (χ0) is 14.5. The molecule has 0 spiro atoms. The molecule has 0 saturated carbocycles. The van der Waals surface area contributed by atoms with Crippen molar-refractivity contribution in [2.75, 3.05) is 30.9 Å². The molecule has 6 nitrogen and oxygen atoms in total. The lowest BCUT2D eigenvalue weighted by Crippen LogP contribution is -2.16. The van der Waals surface area contributed by atoms with Gasteiger partial charge in [0, 0.05) is 19.3 Å². The van der Waals surface area contributed by atoms with Gasteiger partial charge in [0.15, 0.2) is 0 Å². The van der Waals surface area contributed by atoms with E-state index in [9.17, 15) is 0 Å². The average molecular weight is 273 g/mol. The Morgan fingerprint density at radius 3 is 2.70 bits per heavy atom. The Morgan fingerprint density at radius 1 is 1.25 bits per heavy atom. The third-order valence-electron chi connectivity index (χ3n) is 2.81. The molecule has 0 fully saturated rings. The maximum Gasteiger partial charge on any atom is 0.322 e. The van der Waals surface area contributed by atoms with Crippen LogP contribution in [0.15, 0.2) is 24.3 Å². The molecular weight excluding hydrogens is 254 g/mol. The zero-order valence-electron chi connectivity index (χ0n) is 12.2. The van der Waals surface area contributed by atoms with Crippen LogP contribution >= 0.6 is 0 Å². The molecule has 2 rings (SSSR count). The van der Waals surface area contributed by atoms with Crippen molar-refractivity contribution in [3.63, 3.8) is 0 Å². The topological polar surface area (TPSA) is 63.2 Å². The van der Waals surface area contributed by atoms with Crippen LogP contribution in [0.25, 0.3) is 0 Å². The van der Waals surface area contributed by atoms with Gasteiger partial charge in [0.05, 0.1) is 7.11 Å². The molecule has 0 atom stereocenters. The minimum atomic E-state index is 0.297. The van der Waals surface area contributed by atoms with E-state index in [1.807, 2.05) is 31.0 Å². The summed E-state index contributed by atoms with van der Waals surface area (Å²) in [6.45, 7) is 4.77. The monoisotopic (exact) mass is 273 g/mol. The summed E-state index contributed by atoms with van der Waals surface area (Å²) in [5.74, 6) is 1.05. The van der Waals surface area contributed by atoms with Crippen LogP contribution in [0.4, 0.5) is 17.6 Å². The normalized spacial score (nSPS) is 10.2. The van der Waals surface area contributed by atoms with Gasteiger partial charge in [-0.15, -0.1) is 0 Å². The molecule has 0 aliphatic heterocycles. The number of hydrogen-bond donors (Lipinski definition) is 1. The maximum atomic E-state index is 5.12. The summed E-state index contributed by atoms with van der Waals surface area (Å²) in [5, 5.41) is 3.07. The predicted molar refractivity (Wildman–Crippen MR) is 79.8 cm³/mol. The second-order valence-corrected chi connectivity index (χ2v) is 4.37. The quantitative estimate of drug-likeness (QED) is 0.902. The largest absolute Gasteiger partial charge is 0.467 e. The number of benzene rings is 1. The molecule has 0 bridgehead atoms. The Labute approximate surface area is 118 Å². The molecule has 6 heteroatoms. The van der Waals surface area contributed by atoms with Crippen LogP contribution in [0, 0.1) is 6.92 Å². The lowest BCUT2D eigenvalue weighted by atomic mass is 10.2. The first-order chi connectivity index (χ1) is 9.63. The molecule has 106 valence electrons. The standard InChI is InChI=1S/C14H19N5O/c1-5-15-12-16-13(18-14(17-12)20-4)19(3)11-8-6-7-10(2)9-11/h6-9H,5H2,1-4H3,(H,15,16,17,18). The second kappa shape index (κ2) is 6.18. The summed E-state index contributed by atoms with van der Waals surface area (Å²) in [4.78, 5) is 14.7. The van der Waals surface area contributed by atoms with Gasteiger partial charge in [0.2, 0.25) is 11.9 Å². The van der Waals surface area contributed by atoms with E-state index in [1.165, 1.54) is 5.56 Å². The van der Waals surface area contributed by atoms with E-state index in [1.54, 1.807) is 7.11 Å². The van der Waals surface area contributed by atoms with E-state index in [2.05, 4.69) is 39.3 Å². The number of anilines is 3. The Balaban J connectivity index is 2.37. The Bertz CT molecular complexity index is 588. The highest BCUT2D eigenvalue weighted by atomic mass is 16.5. The first-order valence-electron chi connectivity index (χ1n) is 6.48. The van der Waals surface area contributed by atoms with Crippen LogP contribution in [0.3, 0.4) is 0 Å². The van der Waals surface area contributed by atoms with Gasteiger partial charge in [0.25, 0.3) is 0 Å². The molecule has 0 aliphatic rings. The summed E-state index contributed by atoms with van der Waals surface area (Å²) in [7, 11) is 3.46. The molecule has 0 unspecified atom stereocenters. The van der Waals surface area contributed by atoms with Crippen molar-refractivity contribution in [3.8, 4) is 6.01 Å². The first kappa shape index (κ1) is 14.0. The van der Waals surface area contributed by atoms with Gasteiger partial charge >= 0.3 is 6.01 Å². The van der Waals surface area contributed by atoms with Crippen molar-refractivity contribution in [1.29, 1.82) is 0 Å². The van der Waals surface area contributed by atoms with Crippen molar-refractivity contribution < 1.29 is 4.74 Å². The van der Waals surface area contributed by atoms with Crippen molar-refractivity contribution in [3.05, 3.63) is 29.8 Å². The van der Waals surface area contributed by atoms with E-state index in [0.717, 1.165) is 12.2 Å². The van der Waals surface area contributed by atoms with E-state index in [-0.39, 0.29) is 0 Å². The minimum absolute atomic E-state index is 0.297. The van der Waals surface area contributed by atoms with Crippen molar-refractivity contribution >= 4 is 17.6 Å². The summed E-state index contributed by atoms with van der Waals surface area (Å²) in [5.41, 5.74) is 2.20. The van der Waals surface area contributed by atoms with Crippen LogP contribution in [0.2, 0.25) is 0 Å². The smallest absolute Gasteiger partial charge is 0.322 e. The number of methoxy groups -OCH3 is 1. The van der Waals surface area contributed by atoms with E-state index in [0.29, 0.717) is 17.9 Å². The highest BCUT2D eigenvalue weighted by Gasteiger charge is 2.12. The summed E-state index contributed by atoms with van der Waals surface area (Å²) in [6, 6.07) is 8.44. The lowest BCUT2D eigenvalue weighted by molar-refractivity contribution is 0.379. The number of aromatic nitrogens is 3. The summed E-state index contributed by atoms with van der Waals surface area (Å²) >= 11 is 0.